The molecule has 6 nitrogen and oxygen atoms in total. The Morgan fingerprint density at radius 3 is 2.39 bits per heavy atom. The number of benzene rings is 1. The Labute approximate surface area is 148 Å². The van der Waals surface area contributed by atoms with Crippen LogP contribution in [0.5, 0.6) is 0 Å². The van der Waals surface area contributed by atoms with Crippen LogP contribution in [0, 0.1) is 10.1 Å². The number of piperazine rings is 1. The largest absolute Gasteiger partial charge is 0.309 e. The van der Waals surface area contributed by atoms with E-state index in [0.29, 0.717) is 25.0 Å². The lowest BCUT2D eigenvalue weighted by Gasteiger charge is -2.36. The molecule has 1 aromatic carbocycles. The van der Waals surface area contributed by atoms with Gasteiger partial charge in [0.25, 0.3) is 5.69 Å². The highest BCUT2D eigenvalue weighted by atomic mass is 35.5. The molecule has 0 spiro atoms. The van der Waals surface area contributed by atoms with Crippen LogP contribution in [0.2, 0.25) is 0 Å². The maximum Gasteiger partial charge on any atom is 0.280 e. The maximum atomic E-state index is 12.2. The van der Waals surface area contributed by atoms with Crippen molar-refractivity contribution in [2.24, 2.45) is 0 Å². The predicted octanol–water partition coefficient (Wildman–Crippen LogP) is 2.69. The second-order valence-electron chi connectivity index (χ2n) is 5.68. The van der Waals surface area contributed by atoms with Gasteiger partial charge in [-0.1, -0.05) is 12.1 Å². The Bertz CT molecular complexity index is 532. The number of nitrogens with one attached hydrogen (secondary N) is 1. The van der Waals surface area contributed by atoms with Gasteiger partial charge in [-0.2, -0.15) is 0 Å². The zero-order valence-corrected chi connectivity index (χ0v) is 14.9. The van der Waals surface area contributed by atoms with Gasteiger partial charge in [0.1, 0.15) is 0 Å². The number of para-hydroxylation sites is 1. The molecule has 8 heteroatoms. The molecule has 130 valence electrons. The van der Waals surface area contributed by atoms with Crippen molar-refractivity contribution in [3.63, 3.8) is 0 Å². The van der Waals surface area contributed by atoms with Gasteiger partial charge < -0.3 is 5.32 Å². The second kappa shape index (κ2) is 9.82. The van der Waals surface area contributed by atoms with Gasteiger partial charge in [0.15, 0.2) is 5.78 Å². The molecule has 0 amide bonds. The quantitative estimate of drug-likeness (QED) is 0.494. The summed E-state index contributed by atoms with van der Waals surface area (Å²) in [6, 6.07) is 6.94. The van der Waals surface area contributed by atoms with Gasteiger partial charge in [0.2, 0.25) is 0 Å². The first-order valence-electron chi connectivity index (χ1n) is 7.22. The van der Waals surface area contributed by atoms with Crippen LogP contribution in [0.15, 0.2) is 24.3 Å². The molecule has 0 bridgehead atoms. The zero-order valence-electron chi connectivity index (χ0n) is 13.2. The van der Waals surface area contributed by atoms with Gasteiger partial charge in [-0.3, -0.25) is 19.8 Å². The normalized spacial score (nSPS) is 21.0. The number of halogens is 2. The van der Waals surface area contributed by atoms with E-state index in [4.69, 9.17) is 0 Å². The fourth-order valence-corrected chi connectivity index (χ4v) is 2.89. The van der Waals surface area contributed by atoms with Gasteiger partial charge in [-0.15, -0.1) is 24.8 Å². The number of rotatable bonds is 5. The van der Waals surface area contributed by atoms with Crippen molar-refractivity contribution < 1.29 is 9.72 Å². The van der Waals surface area contributed by atoms with Gasteiger partial charge in [0.05, 0.1) is 10.5 Å². The van der Waals surface area contributed by atoms with Crippen LogP contribution in [-0.2, 0) is 0 Å². The van der Waals surface area contributed by atoms with Gasteiger partial charge in [-0.25, -0.2) is 0 Å². The standard InChI is InChI=1S/C15H21N3O3.2ClH/c1-11-9-17(10-12(2)16-11)8-7-15(19)13-5-3-4-6-14(13)18(20)21;;/h3-6,11-12,16H,7-10H2,1-2H3;2*1H. The minimum atomic E-state index is -0.498. The van der Waals surface area contributed by atoms with E-state index in [-0.39, 0.29) is 41.8 Å². The first-order chi connectivity index (χ1) is 9.97. The highest BCUT2D eigenvalue weighted by Crippen LogP contribution is 2.19. The number of Topliss-reactive ketones (excluding diaryl/α,β-unsaturated/α-hetero) is 1. The van der Waals surface area contributed by atoms with E-state index >= 15 is 0 Å². The number of carbonyl (C=O) groups excluding carboxylic acids is 1. The fourth-order valence-electron chi connectivity index (χ4n) is 2.89. The molecule has 1 aromatic rings. The molecular formula is C15H23Cl2N3O3. The number of nitro benzene ring substituents is 1. The molecule has 1 aliphatic rings. The lowest BCUT2D eigenvalue weighted by molar-refractivity contribution is -0.385. The topological polar surface area (TPSA) is 75.5 Å². The summed E-state index contributed by atoms with van der Waals surface area (Å²) in [5.41, 5.74) is 0.100. The third-order valence-corrected chi connectivity index (χ3v) is 3.69. The first-order valence-corrected chi connectivity index (χ1v) is 7.22. The summed E-state index contributed by atoms with van der Waals surface area (Å²) < 4.78 is 0. The molecule has 0 saturated carbocycles. The van der Waals surface area contributed by atoms with Crippen molar-refractivity contribution in [2.75, 3.05) is 19.6 Å². The number of nitrogens with zero attached hydrogens (tertiary/aromatic N) is 2. The highest BCUT2D eigenvalue weighted by molar-refractivity contribution is 5.99. The number of nitro groups is 1. The molecule has 2 rings (SSSR count). The van der Waals surface area contributed by atoms with Crippen molar-refractivity contribution in [2.45, 2.75) is 32.4 Å². The second-order valence-corrected chi connectivity index (χ2v) is 5.68. The summed E-state index contributed by atoms with van der Waals surface area (Å²) in [6.45, 7) is 6.67. The van der Waals surface area contributed by atoms with Crippen molar-refractivity contribution in [3.8, 4) is 0 Å². The molecule has 23 heavy (non-hydrogen) atoms. The van der Waals surface area contributed by atoms with E-state index in [1.807, 2.05) is 0 Å². The van der Waals surface area contributed by atoms with Crippen molar-refractivity contribution in [1.82, 2.24) is 10.2 Å². The highest BCUT2D eigenvalue weighted by Gasteiger charge is 2.23. The number of carbonyl (C=O) groups is 1. The lowest BCUT2D eigenvalue weighted by Crippen LogP contribution is -2.54. The van der Waals surface area contributed by atoms with Gasteiger partial charge in [-0.05, 0) is 19.9 Å². The summed E-state index contributed by atoms with van der Waals surface area (Å²) >= 11 is 0. The monoisotopic (exact) mass is 363 g/mol. The van der Waals surface area contributed by atoms with E-state index in [2.05, 4.69) is 24.1 Å². The van der Waals surface area contributed by atoms with Crippen LogP contribution < -0.4 is 5.32 Å². The molecule has 1 saturated heterocycles. The third kappa shape index (κ3) is 6.06. The summed E-state index contributed by atoms with van der Waals surface area (Å²) in [7, 11) is 0. The maximum absolute atomic E-state index is 12.2. The summed E-state index contributed by atoms with van der Waals surface area (Å²) in [4.78, 5) is 24.9. The van der Waals surface area contributed by atoms with Crippen LogP contribution in [0.25, 0.3) is 0 Å². The van der Waals surface area contributed by atoms with E-state index in [0.717, 1.165) is 13.1 Å². The Morgan fingerprint density at radius 2 is 1.83 bits per heavy atom. The summed E-state index contributed by atoms with van der Waals surface area (Å²) in [5.74, 6) is -0.166. The number of hydrogen-bond acceptors (Lipinski definition) is 5. The molecule has 1 fully saturated rings. The van der Waals surface area contributed by atoms with E-state index in [1.54, 1.807) is 12.1 Å². The van der Waals surface area contributed by atoms with Crippen molar-refractivity contribution in [1.29, 1.82) is 0 Å². The Balaban J connectivity index is 0.00000242. The minimum absolute atomic E-state index is 0. The predicted molar refractivity (Wildman–Crippen MR) is 95.0 cm³/mol. The van der Waals surface area contributed by atoms with Crippen LogP contribution in [0.1, 0.15) is 30.6 Å². The Kier molecular flexibility index (Phi) is 9.31. The first kappa shape index (κ1) is 21.8. The van der Waals surface area contributed by atoms with Crippen molar-refractivity contribution >= 4 is 36.3 Å². The molecular weight excluding hydrogens is 341 g/mol. The van der Waals surface area contributed by atoms with Crippen LogP contribution in [0.3, 0.4) is 0 Å². The molecule has 0 radical (unpaired) electrons. The van der Waals surface area contributed by atoms with Gasteiger partial charge in [0, 0.05) is 44.2 Å². The molecule has 0 aliphatic carbocycles. The Hall–Kier alpha value is -1.21. The van der Waals surface area contributed by atoms with E-state index < -0.39 is 4.92 Å². The molecule has 1 heterocycles. The molecule has 1 aliphatic heterocycles. The van der Waals surface area contributed by atoms with Crippen LogP contribution in [0.4, 0.5) is 5.69 Å². The third-order valence-electron chi connectivity index (χ3n) is 3.69. The van der Waals surface area contributed by atoms with Crippen LogP contribution >= 0.6 is 24.8 Å². The minimum Gasteiger partial charge on any atom is -0.309 e. The number of hydrogen-bond donors (Lipinski definition) is 1. The smallest absolute Gasteiger partial charge is 0.280 e. The Morgan fingerprint density at radius 1 is 1.26 bits per heavy atom. The van der Waals surface area contributed by atoms with Crippen molar-refractivity contribution in [3.05, 3.63) is 39.9 Å². The lowest BCUT2D eigenvalue weighted by atomic mass is 10.1. The average Bonchev–Trinajstić information content (AvgIpc) is 2.43. The van der Waals surface area contributed by atoms with E-state index in [9.17, 15) is 14.9 Å². The zero-order chi connectivity index (χ0) is 15.4. The van der Waals surface area contributed by atoms with E-state index in [1.165, 1.54) is 12.1 Å². The molecule has 2 atom stereocenters. The van der Waals surface area contributed by atoms with Gasteiger partial charge >= 0.3 is 0 Å². The molecule has 1 N–H and O–H groups in total. The number of ketones is 1. The fraction of sp³-hybridized carbons (Fsp3) is 0.533. The van der Waals surface area contributed by atoms with Crippen LogP contribution in [-0.4, -0.2) is 47.3 Å². The summed E-state index contributed by atoms with van der Waals surface area (Å²) in [6.07, 6.45) is 0.310. The average molecular weight is 364 g/mol. The molecule has 2 unspecified atom stereocenters. The summed E-state index contributed by atoms with van der Waals surface area (Å²) in [5, 5.41) is 14.4. The SMILES string of the molecule is CC1CN(CCC(=O)c2ccccc2[N+](=O)[O-])CC(C)N1.Cl.Cl. The molecule has 0 aromatic heterocycles.